The highest BCUT2D eigenvalue weighted by atomic mass is 16.6. The first-order valence-corrected chi connectivity index (χ1v) is 30.9. The fourth-order valence-electron chi connectivity index (χ4n) is 8.44. The van der Waals surface area contributed by atoms with Crippen LogP contribution in [0.4, 0.5) is 0 Å². The molecule has 0 saturated carbocycles. The first-order valence-electron chi connectivity index (χ1n) is 30.9. The Hall–Kier alpha value is -3.93. The van der Waals surface area contributed by atoms with E-state index in [2.05, 4.69) is 130 Å². The average Bonchev–Trinajstić information content (AvgIpc) is 3.40. The van der Waals surface area contributed by atoms with Crippen molar-refractivity contribution in [2.75, 3.05) is 13.2 Å². The van der Waals surface area contributed by atoms with Gasteiger partial charge in [0.05, 0.1) is 0 Å². The molecule has 0 aromatic rings. The summed E-state index contributed by atoms with van der Waals surface area (Å²) in [5.41, 5.74) is 0. The minimum absolute atomic E-state index is 0.0822. The quantitative estimate of drug-likeness (QED) is 0.0261. The van der Waals surface area contributed by atoms with Gasteiger partial charge in [-0.05, 0) is 89.9 Å². The fourth-order valence-corrected chi connectivity index (χ4v) is 8.44. The number of ether oxygens (including phenoxy) is 3. The minimum Gasteiger partial charge on any atom is -0.462 e. The molecule has 0 aromatic heterocycles. The summed E-state index contributed by atoms with van der Waals surface area (Å²) < 4.78 is 16.8. The Morgan fingerprint density at radius 2 is 0.527 bits per heavy atom. The maximum absolute atomic E-state index is 12.8. The molecule has 0 fully saturated rings. The van der Waals surface area contributed by atoms with Crippen molar-refractivity contribution in [1.82, 2.24) is 0 Å². The molecule has 6 heteroatoms. The summed E-state index contributed by atoms with van der Waals surface area (Å²) in [4.78, 5) is 37.9. The Morgan fingerprint density at radius 3 is 0.824 bits per heavy atom. The smallest absolute Gasteiger partial charge is 0.306 e. The zero-order chi connectivity index (χ0) is 53.6. The molecule has 0 aliphatic carbocycles. The van der Waals surface area contributed by atoms with Crippen LogP contribution in [0.2, 0.25) is 0 Å². The second kappa shape index (κ2) is 61.6. The number of hydrogen-bond donors (Lipinski definition) is 0. The molecule has 1 unspecified atom stereocenters. The van der Waals surface area contributed by atoms with Gasteiger partial charge in [-0.25, -0.2) is 0 Å². The predicted molar refractivity (Wildman–Crippen MR) is 320 cm³/mol. The van der Waals surface area contributed by atoms with Crippen LogP contribution in [0.15, 0.2) is 109 Å². The molecule has 0 rings (SSSR count). The molecule has 0 amide bonds. The molecule has 0 saturated heterocycles. The van der Waals surface area contributed by atoms with Crippen LogP contribution in [0, 0.1) is 0 Å². The van der Waals surface area contributed by atoms with Crippen LogP contribution in [-0.2, 0) is 28.6 Å². The summed E-state index contributed by atoms with van der Waals surface area (Å²) in [5, 5.41) is 0. The van der Waals surface area contributed by atoms with E-state index in [1.165, 1.54) is 109 Å². The van der Waals surface area contributed by atoms with E-state index in [9.17, 15) is 14.4 Å². The van der Waals surface area contributed by atoms with Crippen molar-refractivity contribution in [2.45, 2.75) is 290 Å². The number of allylic oxidation sites excluding steroid dienone is 18. The Balaban J connectivity index is 4.15. The zero-order valence-corrected chi connectivity index (χ0v) is 48.3. The van der Waals surface area contributed by atoms with Crippen molar-refractivity contribution in [3.05, 3.63) is 109 Å². The van der Waals surface area contributed by atoms with E-state index in [-0.39, 0.29) is 31.1 Å². The third-order valence-corrected chi connectivity index (χ3v) is 13.0. The van der Waals surface area contributed by atoms with Gasteiger partial charge in [0.1, 0.15) is 13.2 Å². The van der Waals surface area contributed by atoms with Crippen LogP contribution in [0.5, 0.6) is 0 Å². The van der Waals surface area contributed by atoms with Crippen molar-refractivity contribution >= 4 is 17.9 Å². The maximum atomic E-state index is 12.8. The number of unbranched alkanes of at least 4 members (excludes halogenated alkanes) is 26. The fraction of sp³-hybridized carbons (Fsp3) is 0.691. The molecule has 6 nitrogen and oxygen atoms in total. The van der Waals surface area contributed by atoms with Gasteiger partial charge in [-0.2, -0.15) is 0 Å². The molecule has 0 bridgehead atoms. The summed E-state index contributed by atoms with van der Waals surface area (Å²) in [5.74, 6) is -0.906. The molecule has 0 heterocycles. The summed E-state index contributed by atoms with van der Waals surface area (Å²) in [6.45, 7) is 6.46. The van der Waals surface area contributed by atoms with E-state index >= 15 is 0 Å². The second-order valence-electron chi connectivity index (χ2n) is 20.2. The monoisotopic (exact) mass is 1030 g/mol. The molecule has 0 aliphatic heterocycles. The van der Waals surface area contributed by atoms with Crippen molar-refractivity contribution in [1.29, 1.82) is 0 Å². The average molecular weight is 1030 g/mol. The third kappa shape index (κ3) is 59.0. The normalized spacial score (nSPS) is 12.9. The van der Waals surface area contributed by atoms with Crippen molar-refractivity contribution in [3.8, 4) is 0 Å². The Bertz CT molecular complexity index is 1510. The van der Waals surface area contributed by atoms with E-state index in [4.69, 9.17) is 14.2 Å². The first kappa shape index (κ1) is 70.1. The number of carbonyl (C=O) groups is 3. The van der Waals surface area contributed by atoms with Crippen LogP contribution in [0.25, 0.3) is 0 Å². The highest BCUT2D eigenvalue weighted by Gasteiger charge is 2.19. The Kier molecular flexibility index (Phi) is 58.3. The van der Waals surface area contributed by atoms with Crippen LogP contribution in [-0.4, -0.2) is 37.2 Å². The highest BCUT2D eigenvalue weighted by Crippen LogP contribution is 2.16. The second-order valence-corrected chi connectivity index (χ2v) is 20.2. The van der Waals surface area contributed by atoms with Gasteiger partial charge in [-0.15, -0.1) is 0 Å². The molecule has 74 heavy (non-hydrogen) atoms. The van der Waals surface area contributed by atoms with Gasteiger partial charge < -0.3 is 14.2 Å². The molecule has 0 aromatic carbocycles. The van der Waals surface area contributed by atoms with Gasteiger partial charge in [-0.1, -0.05) is 284 Å². The largest absolute Gasteiger partial charge is 0.462 e. The molecule has 0 aliphatic rings. The zero-order valence-electron chi connectivity index (χ0n) is 48.3. The lowest BCUT2D eigenvalue weighted by Crippen LogP contribution is -2.30. The lowest BCUT2D eigenvalue weighted by atomic mass is 10.0. The van der Waals surface area contributed by atoms with E-state index in [1.54, 1.807) is 0 Å². The maximum Gasteiger partial charge on any atom is 0.306 e. The van der Waals surface area contributed by atoms with Crippen molar-refractivity contribution in [3.63, 3.8) is 0 Å². The number of hydrogen-bond acceptors (Lipinski definition) is 6. The van der Waals surface area contributed by atoms with Crippen molar-refractivity contribution in [2.24, 2.45) is 0 Å². The molecule has 0 radical (unpaired) electrons. The topological polar surface area (TPSA) is 78.9 Å². The lowest BCUT2D eigenvalue weighted by molar-refractivity contribution is -0.167. The van der Waals surface area contributed by atoms with Gasteiger partial charge in [-0.3, -0.25) is 14.4 Å². The van der Waals surface area contributed by atoms with Crippen molar-refractivity contribution < 1.29 is 28.6 Å². The van der Waals surface area contributed by atoms with E-state index in [0.29, 0.717) is 19.3 Å². The van der Waals surface area contributed by atoms with Gasteiger partial charge in [0, 0.05) is 19.3 Å². The molecule has 422 valence electrons. The molecular formula is C68H114O6. The highest BCUT2D eigenvalue weighted by molar-refractivity contribution is 5.71. The van der Waals surface area contributed by atoms with Crippen LogP contribution in [0.1, 0.15) is 284 Å². The number of esters is 3. The van der Waals surface area contributed by atoms with Gasteiger partial charge in [0.15, 0.2) is 6.10 Å². The lowest BCUT2D eigenvalue weighted by Gasteiger charge is -2.18. The first-order chi connectivity index (χ1) is 36.5. The van der Waals surface area contributed by atoms with E-state index in [0.717, 1.165) is 135 Å². The Labute approximate surface area is 457 Å². The summed E-state index contributed by atoms with van der Waals surface area (Å²) in [6, 6.07) is 0. The Morgan fingerprint density at radius 1 is 0.284 bits per heavy atom. The van der Waals surface area contributed by atoms with E-state index in [1.807, 2.05) is 0 Å². The molecule has 0 N–H and O–H groups in total. The number of carbonyl (C=O) groups excluding carboxylic acids is 3. The number of rotatable bonds is 55. The van der Waals surface area contributed by atoms with Gasteiger partial charge in [0.25, 0.3) is 0 Å². The summed E-state index contributed by atoms with van der Waals surface area (Å²) in [6.07, 6.45) is 84.1. The van der Waals surface area contributed by atoms with Gasteiger partial charge in [0.2, 0.25) is 0 Å². The third-order valence-electron chi connectivity index (χ3n) is 13.0. The van der Waals surface area contributed by atoms with E-state index < -0.39 is 6.10 Å². The molecular weight excluding hydrogens is 913 g/mol. The summed E-state index contributed by atoms with van der Waals surface area (Å²) in [7, 11) is 0. The molecule has 1 atom stereocenters. The predicted octanol–water partition coefficient (Wildman–Crippen LogP) is 21.0. The van der Waals surface area contributed by atoms with Crippen LogP contribution in [0.3, 0.4) is 0 Å². The van der Waals surface area contributed by atoms with Crippen LogP contribution < -0.4 is 0 Å². The summed E-state index contributed by atoms with van der Waals surface area (Å²) >= 11 is 0. The SMILES string of the molecule is CC/C=C\C/C=C\C/C=C\C/C=C\C/C=C\C/C=C\C/C=C\C/C=C\C/C=C\CCCCCCCC(=O)OCC(COC(=O)CCCCCCCC)OC(=O)CCCCCCCCCCCCCCCCCCC. The minimum atomic E-state index is -0.782. The van der Waals surface area contributed by atoms with Crippen LogP contribution >= 0.6 is 0 Å². The standard InChI is InChI=1S/C68H114O6/c1-4-7-10-13-16-18-20-22-24-26-27-28-29-30-31-32-33-34-35-36-37-38-39-40-41-43-44-46-48-50-52-55-58-61-67(70)73-64-65(63-72-66(69)60-57-54-15-12-9-6-3)74-68(71)62-59-56-53-51-49-47-45-42-25-23-21-19-17-14-11-8-5-2/h7,10,16,18,22,24,27-28,30-31,33-34,36-37,39-40,43-44,65H,4-6,8-9,11-15,17,19-21,23,25-26,29,32,35,38,41-42,45-64H2,1-3H3/b10-7-,18-16-,24-22-,28-27-,31-30-,34-33-,37-36-,40-39-,44-43-. The molecule has 0 spiro atoms. The van der Waals surface area contributed by atoms with Gasteiger partial charge >= 0.3 is 17.9 Å².